The van der Waals surface area contributed by atoms with E-state index in [2.05, 4.69) is 109 Å². The molecule has 4 heteroatoms. The first-order valence-electron chi connectivity index (χ1n) is 17.8. The topological polar surface area (TPSA) is 38.9 Å². The highest BCUT2D eigenvalue weighted by Crippen LogP contribution is 2.76. The van der Waals surface area contributed by atoms with Gasteiger partial charge in [-0.05, 0) is 104 Å². The van der Waals surface area contributed by atoms with Crippen LogP contribution in [0.25, 0.3) is 21.7 Å². The highest BCUT2D eigenvalue weighted by molar-refractivity contribution is 7.10. The summed E-state index contributed by atoms with van der Waals surface area (Å²) >= 11 is 1.88. The lowest BCUT2D eigenvalue weighted by atomic mass is 9.44. The molecule has 0 amide bonds. The second-order valence-electron chi connectivity index (χ2n) is 14.2. The number of allylic oxidation sites excluding steroid dienone is 2. The lowest BCUT2D eigenvalue weighted by molar-refractivity contribution is 0.0689. The number of fused-ring (bicyclic) bond motifs is 2. The van der Waals surface area contributed by atoms with Crippen LogP contribution in [-0.4, -0.2) is 9.97 Å². The van der Waals surface area contributed by atoms with Crippen molar-refractivity contribution in [2.45, 2.75) is 81.5 Å². The van der Waals surface area contributed by atoms with Crippen molar-refractivity contribution in [3.63, 3.8) is 0 Å². The lowest BCUT2D eigenvalue weighted by Crippen LogP contribution is -2.59. The summed E-state index contributed by atoms with van der Waals surface area (Å²) in [6.45, 7) is 0. The largest absolute Gasteiger partial charge is 0.468 e. The van der Waals surface area contributed by atoms with Gasteiger partial charge in [0.2, 0.25) is 0 Å². The third kappa shape index (κ3) is 4.10. The summed E-state index contributed by atoms with van der Waals surface area (Å²) in [6, 6.07) is 33.5. The van der Waals surface area contributed by atoms with E-state index in [1.54, 1.807) is 5.57 Å². The minimum atomic E-state index is -0.626. The normalized spacial score (nSPS) is 26.9. The van der Waals surface area contributed by atoms with Crippen molar-refractivity contribution >= 4 is 33.0 Å². The molecule has 4 heterocycles. The Balaban J connectivity index is 1.54. The van der Waals surface area contributed by atoms with Crippen molar-refractivity contribution in [2.75, 3.05) is 0 Å². The van der Waals surface area contributed by atoms with E-state index in [1.165, 1.54) is 66.0 Å². The molecule has 3 aliphatic rings. The predicted molar refractivity (Wildman–Crippen MR) is 193 cm³/mol. The van der Waals surface area contributed by atoms with Gasteiger partial charge in [0.15, 0.2) is 0 Å². The van der Waals surface area contributed by atoms with E-state index < -0.39 is 10.8 Å². The van der Waals surface area contributed by atoms with Gasteiger partial charge < -0.3 is 4.42 Å². The Hall–Kier alpha value is -4.02. The van der Waals surface area contributed by atoms with Crippen LogP contribution in [0.5, 0.6) is 0 Å². The zero-order valence-electron chi connectivity index (χ0n) is 27.0. The standard InChI is InChI=1S/C43H42N2OS/c1-3-15-33(16-4-1)41(34-17-5-2-6-18-34)26-27-42(38-21-11-29-46-38,39-22-12-30-47-39)43(41,37-24-23-32-14-8-10-20-36(32)45-37)40-35-19-9-7-13-31(35)25-28-44-40/h7-15,19-25,28-30,34H,1-6,16-18,26-27H2. The van der Waals surface area contributed by atoms with Gasteiger partial charge in [-0.25, -0.2) is 0 Å². The summed E-state index contributed by atoms with van der Waals surface area (Å²) in [5.74, 6) is 1.56. The Labute approximate surface area is 281 Å². The molecule has 0 radical (unpaired) electrons. The maximum absolute atomic E-state index is 6.74. The molecule has 47 heavy (non-hydrogen) atoms. The average molecular weight is 635 g/mol. The van der Waals surface area contributed by atoms with Crippen molar-refractivity contribution in [3.05, 3.63) is 143 Å². The molecule has 3 aliphatic carbocycles. The predicted octanol–water partition coefficient (Wildman–Crippen LogP) is 11.6. The van der Waals surface area contributed by atoms with Gasteiger partial charge in [-0.3, -0.25) is 9.97 Å². The highest BCUT2D eigenvalue weighted by Gasteiger charge is 2.75. The third-order valence-electron chi connectivity index (χ3n) is 12.3. The zero-order valence-corrected chi connectivity index (χ0v) is 27.9. The molecule has 0 spiro atoms. The molecule has 0 saturated heterocycles. The number of hydrogen-bond donors (Lipinski definition) is 0. The molecule has 236 valence electrons. The molecule has 0 aliphatic heterocycles. The minimum Gasteiger partial charge on any atom is -0.468 e. The lowest BCUT2D eigenvalue weighted by Gasteiger charge is -2.58. The van der Waals surface area contributed by atoms with E-state index in [4.69, 9.17) is 14.4 Å². The first-order valence-corrected chi connectivity index (χ1v) is 18.6. The van der Waals surface area contributed by atoms with Crippen molar-refractivity contribution in [1.82, 2.24) is 9.97 Å². The Kier molecular flexibility index (Phi) is 7.19. The van der Waals surface area contributed by atoms with Gasteiger partial charge in [0, 0.05) is 27.3 Å². The summed E-state index contributed by atoms with van der Waals surface area (Å²) in [7, 11) is 0. The summed E-state index contributed by atoms with van der Waals surface area (Å²) in [6.07, 6.45) is 19.9. The molecule has 2 fully saturated rings. The fourth-order valence-electron chi connectivity index (χ4n) is 10.6. The van der Waals surface area contributed by atoms with E-state index in [9.17, 15) is 0 Å². The van der Waals surface area contributed by atoms with Gasteiger partial charge in [0.25, 0.3) is 0 Å². The summed E-state index contributed by atoms with van der Waals surface area (Å²) < 4.78 is 6.74. The Morgan fingerprint density at radius 3 is 2.43 bits per heavy atom. The monoisotopic (exact) mass is 634 g/mol. The number of furan rings is 1. The van der Waals surface area contributed by atoms with E-state index >= 15 is 0 Å². The van der Waals surface area contributed by atoms with Crippen LogP contribution < -0.4 is 0 Å². The van der Waals surface area contributed by atoms with E-state index in [1.807, 2.05) is 17.6 Å². The quantitative estimate of drug-likeness (QED) is 0.171. The van der Waals surface area contributed by atoms with Crippen LogP contribution >= 0.6 is 11.3 Å². The molecule has 3 nitrogen and oxygen atoms in total. The van der Waals surface area contributed by atoms with E-state index in [0.717, 1.165) is 48.3 Å². The fraction of sp³-hybridized carbons (Fsp3) is 0.349. The Morgan fingerprint density at radius 1 is 0.745 bits per heavy atom. The first kappa shape index (κ1) is 29.1. The molecule has 2 saturated carbocycles. The van der Waals surface area contributed by atoms with Crippen molar-refractivity contribution < 1.29 is 4.42 Å². The molecule has 6 aromatic rings. The van der Waals surface area contributed by atoms with Gasteiger partial charge in [0.1, 0.15) is 5.76 Å². The maximum Gasteiger partial charge on any atom is 0.116 e. The number of hydrogen-bond acceptors (Lipinski definition) is 4. The van der Waals surface area contributed by atoms with Crippen LogP contribution in [-0.2, 0) is 10.8 Å². The van der Waals surface area contributed by atoms with Crippen molar-refractivity contribution in [1.29, 1.82) is 0 Å². The number of thiophene rings is 1. The molecule has 3 unspecified atom stereocenters. The number of rotatable bonds is 6. The number of para-hydroxylation sites is 1. The van der Waals surface area contributed by atoms with Gasteiger partial charge in [-0.15, -0.1) is 11.3 Å². The van der Waals surface area contributed by atoms with Crippen LogP contribution in [0.15, 0.2) is 125 Å². The summed E-state index contributed by atoms with van der Waals surface area (Å²) in [5.41, 5.74) is 3.69. The van der Waals surface area contributed by atoms with Crippen LogP contribution in [0.4, 0.5) is 0 Å². The fourth-order valence-corrected chi connectivity index (χ4v) is 11.6. The minimum absolute atomic E-state index is 0.183. The smallest absolute Gasteiger partial charge is 0.116 e. The van der Waals surface area contributed by atoms with Crippen molar-refractivity contribution in [3.8, 4) is 0 Å². The highest BCUT2D eigenvalue weighted by atomic mass is 32.1. The SMILES string of the molecule is C1=C(C2(C3CCCCC3)CCC(c3ccco3)(c3cccs3)C2(c2ccc3ccccc3n2)c2nccc3ccccc23)CCCC1. The van der Waals surface area contributed by atoms with Gasteiger partial charge >= 0.3 is 0 Å². The maximum atomic E-state index is 6.74. The van der Waals surface area contributed by atoms with Crippen LogP contribution in [0.2, 0.25) is 0 Å². The molecule has 0 bridgehead atoms. The number of pyridine rings is 2. The van der Waals surface area contributed by atoms with E-state index in [-0.39, 0.29) is 5.41 Å². The molecule has 0 N–H and O–H groups in total. The Morgan fingerprint density at radius 2 is 1.62 bits per heavy atom. The first-order chi connectivity index (χ1) is 23.3. The van der Waals surface area contributed by atoms with Crippen LogP contribution in [0, 0.1) is 11.3 Å². The second-order valence-corrected chi connectivity index (χ2v) is 15.1. The van der Waals surface area contributed by atoms with Crippen LogP contribution in [0.1, 0.15) is 92.7 Å². The van der Waals surface area contributed by atoms with Crippen molar-refractivity contribution in [2.24, 2.45) is 11.3 Å². The number of aromatic nitrogens is 2. The molecular weight excluding hydrogens is 593 g/mol. The zero-order chi connectivity index (χ0) is 31.3. The average Bonchev–Trinajstić information content (AvgIpc) is 3.94. The molecule has 9 rings (SSSR count). The van der Waals surface area contributed by atoms with Gasteiger partial charge in [-0.2, -0.15) is 0 Å². The third-order valence-corrected chi connectivity index (χ3v) is 13.3. The molecule has 2 aromatic carbocycles. The summed E-state index contributed by atoms with van der Waals surface area (Å²) in [5, 5.41) is 5.90. The Bertz CT molecular complexity index is 2020. The molecular formula is C43H42N2OS. The number of nitrogens with zero attached hydrogens (tertiary/aromatic N) is 2. The van der Waals surface area contributed by atoms with Crippen LogP contribution in [0.3, 0.4) is 0 Å². The molecule has 4 aromatic heterocycles. The van der Waals surface area contributed by atoms with Gasteiger partial charge in [-0.1, -0.05) is 85.5 Å². The summed E-state index contributed by atoms with van der Waals surface area (Å²) in [4.78, 5) is 12.8. The number of benzene rings is 2. The van der Waals surface area contributed by atoms with Gasteiger partial charge in [0.05, 0.1) is 34.0 Å². The van der Waals surface area contributed by atoms with E-state index in [0.29, 0.717) is 5.92 Å². The second kappa shape index (κ2) is 11.6. The molecule has 3 atom stereocenters.